The van der Waals surface area contributed by atoms with Crippen LogP contribution < -0.4 is 5.32 Å². The molecule has 120 valence electrons. The molecular weight excluding hydrogens is 292 g/mol. The summed E-state index contributed by atoms with van der Waals surface area (Å²) in [5, 5.41) is 11.9. The number of rotatable bonds is 5. The normalized spacial score (nSPS) is 11.1. The van der Waals surface area contributed by atoms with E-state index in [1.165, 1.54) is 29.5 Å². The smallest absolute Gasteiger partial charge is 0.354 e. The number of hydrogen-bond donors (Lipinski definition) is 2. The third-order valence-corrected chi connectivity index (χ3v) is 3.59. The Bertz CT molecular complexity index is 739. The average molecular weight is 312 g/mol. The number of nitrogens with one attached hydrogen (secondary N) is 1. The fraction of sp³-hybridized carbons (Fsp3) is 0.278. The summed E-state index contributed by atoms with van der Waals surface area (Å²) >= 11 is 0. The third-order valence-electron chi connectivity index (χ3n) is 3.59. The van der Waals surface area contributed by atoms with Crippen molar-refractivity contribution in [1.82, 2.24) is 10.3 Å². The lowest BCUT2D eigenvalue weighted by atomic mass is 9.92. The summed E-state index contributed by atoms with van der Waals surface area (Å²) in [5.74, 6) is -1.47. The minimum atomic E-state index is -1.15. The Kier molecular flexibility index (Phi) is 4.79. The molecule has 2 N–H and O–H groups in total. The van der Waals surface area contributed by atoms with Gasteiger partial charge in [-0.1, -0.05) is 24.3 Å². The second kappa shape index (κ2) is 6.60. The van der Waals surface area contributed by atoms with E-state index in [0.717, 1.165) is 0 Å². The number of aryl methyl sites for hydroxylation is 1. The molecule has 0 unspecified atom stereocenters. The molecule has 5 nitrogen and oxygen atoms in total. The second-order valence-electron chi connectivity index (χ2n) is 6.18. The van der Waals surface area contributed by atoms with Crippen molar-refractivity contribution in [3.05, 3.63) is 65.0 Å². The SMILES string of the molecule is Cc1ccccc1CC(C)(C)NC(=O)c1ccnc(C(=O)O)c1. The first-order valence-electron chi connectivity index (χ1n) is 7.35. The monoisotopic (exact) mass is 312 g/mol. The Hall–Kier alpha value is -2.69. The summed E-state index contributed by atoms with van der Waals surface area (Å²) in [6.07, 6.45) is 2.01. The van der Waals surface area contributed by atoms with Gasteiger partial charge in [0.05, 0.1) is 0 Å². The zero-order valence-corrected chi connectivity index (χ0v) is 13.5. The van der Waals surface area contributed by atoms with E-state index in [9.17, 15) is 9.59 Å². The molecule has 0 saturated carbocycles. The van der Waals surface area contributed by atoms with Gasteiger partial charge < -0.3 is 10.4 Å². The minimum absolute atomic E-state index is 0.144. The van der Waals surface area contributed by atoms with Crippen LogP contribution >= 0.6 is 0 Å². The number of carbonyl (C=O) groups excluding carboxylic acids is 1. The van der Waals surface area contributed by atoms with E-state index in [2.05, 4.69) is 10.3 Å². The van der Waals surface area contributed by atoms with E-state index in [1.54, 1.807) is 0 Å². The van der Waals surface area contributed by atoms with E-state index in [4.69, 9.17) is 5.11 Å². The molecule has 0 aliphatic heterocycles. The van der Waals surface area contributed by atoms with Gasteiger partial charge in [-0.05, 0) is 50.5 Å². The van der Waals surface area contributed by atoms with Gasteiger partial charge in [-0.15, -0.1) is 0 Å². The Labute approximate surface area is 135 Å². The maximum atomic E-state index is 12.4. The van der Waals surface area contributed by atoms with Crippen LogP contribution in [-0.4, -0.2) is 27.5 Å². The van der Waals surface area contributed by atoms with Crippen molar-refractivity contribution < 1.29 is 14.7 Å². The van der Waals surface area contributed by atoms with Crippen molar-refractivity contribution in [2.45, 2.75) is 32.7 Å². The number of benzene rings is 1. The molecule has 0 bridgehead atoms. The molecule has 0 aliphatic rings. The van der Waals surface area contributed by atoms with Gasteiger partial charge >= 0.3 is 5.97 Å². The summed E-state index contributed by atoms with van der Waals surface area (Å²) in [6, 6.07) is 10.8. The van der Waals surface area contributed by atoms with Crippen LogP contribution in [0.5, 0.6) is 0 Å². The van der Waals surface area contributed by atoms with Crippen LogP contribution in [0.15, 0.2) is 42.6 Å². The van der Waals surface area contributed by atoms with Crippen LogP contribution in [-0.2, 0) is 6.42 Å². The van der Waals surface area contributed by atoms with Gasteiger partial charge in [-0.25, -0.2) is 9.78 Å². The van der Waals surface area contributed by atoms with Crippen molar-refractivity contribution in [2.75, 3.05) is 0 Å². The number of carboxylic acid groups (broad SMARTS) is 1. The lowest BCUT2D eigenvalue weighted by molar-refractivity contribution is 0.0690. The fourth-order valence-electron chi connectivity index (χ4n) is 2.40. The zero-order chi connectivity index (χ0) is 17.0. The zero-order valence-electron chi connectivity index (χ0n) is 13.5. The number of carboxylic acids is 1. The Balaban J connectivity index is 2.13. The van der Waals surface area contributed by atoms with Crippen molar-refractivity contribution in [2.24, 2.45) is 0 Å². The molecule has 2 aromatic rings. The molecule has 1 heterocycles. The summed E-state index contributed by atoms with van der Waals surface area (Å²) in [4.78, 5) is 27.0. The van der Waals surface area contributed by atoms with Crippen LogP contribution in [0.2, 0.25) is 0 Å². The van der Waals surface area contributed by atoms with Gasteiger partial charge in [-0.2, -0.15) is 0 Å². The summed E-state index contributed by atoms with van der Waals surface area (Å²) in [7, 11) is 0. The highest BCUT2D eigenvalue weighted by molar-refractivity contribution is 5.97. The number of aromatic nitrogens is 1. The van der Waals surface area contributed by atoms with Gasteiger partial charge in [-0.3, -0.25) is 4.79 Å². The van der Waals surface area contributed by atoms with Crippen LogP contribution in [0.4, 0.5) is 0 Å². The average Bonchev–Trinajstić information content (AvgIpc) is 2.49. The molecule has 1 aromatic carbocycles. The topological polar surface area (TPSA) is 79.3 Å². The number of aromatic carboxylic acids is 1. The number of carbonyl (C=O) groups is 2. The number of nitrogens with zero attached hydrogens (tertiary/aromatic N) is 1. The Morgan fingerprint density at radius 3 is 2.57 bits per heavy atom. The van der Waals surface area contributed by atoms with E-state index in [0.29, 0.717) is 6.42 Å². The molecule has 0 aliphatic carbocycles. The molecule has 1 amide bonds. The first-order chi connectivity index (χ1) is 10.8. The van der Waals surface area contributed by atoms with E-state index in [1.807, 2.05) is 45.0 Å². The number of amides is 1. The highest BCUT2D eigenvalue weighted by atomic mass is 16.4. The van der Waals surface area contributed by atoms with Gasteiger partial charge in [0.25, 0.3) is 5.91 Å². The lowest BCUT2D eigenvalue weighted by Crippen LogP contribution is -2.45. The Morgan fingerprint density at radius 2 is 1.91 bits per heavy atom. The quantitative estimate of drug-likeness (QED) is 0.889. The van der Waals surface area contributed by atoms with Crippen molar-refractivity contribution in [1.29, 1.82) is 0 Å². The van der Waals surface area contributed by atoms with E-state index >= 15 is 0 Å². The van der Waals surface area contributed by atoms with E-state index in [-0.39, 0.29) is 17.2 Å². The molecule has 0 atom stereocenters. The first kappa shape index (κ1) is 16.7. The molecule has 5 heteroatoms. The standard InChI is InChI=1S/C18H20N2O3/c1-12-6-4-5-7-14(12)11-18(2,3)20-16(21)13-8-9-19-15(10-13)17(22)23/h4-10H,11H2,1-3H3,(H,20,21)(H,22,23). The first-order valence-corrected chi connectivity index (χ1v) is 7.35. The molecule has 23 heavy (non-hydrogen) atoms. The predicted molar refractivity (Wildman–Crippen MR) is 87.6 cm³/mol. The second-order valence-corrected chi connectivity index (χ2v) is 6.18. The molecule has 1 aromatic heterocycles. The molecule has 2 rings (SSSR count). The summed E-state index contributed by atoms with van der Waals surface area (Å²) < 4.78 is 0. The summed E-state index contributed by atoms with van der Waals surface area (Å²) in [6.45, 7) is 5.92. The van der Waals surface area contributed by atoms with Crippen molar-refractivity contribution in [3.63, 3.8) is 0 Å². The molecule has 0 fully saturated rings. The molecule has 0 saturated heterocycles. The largest absolute Gasteiger partial charge is 0.477 e. The van der Waals surface area contributed by atoms with Crippen LogP contribution in [0, 0.1) is 6.92 Å². The Morgan fingerprint density at radius 1 is 1.22 bits per heavy atom. The van der Waals surface area contributed by atoms with Crippen molar-refractivity contribution in [3.8, 4) is 0 Å². The van der Waals surface area contributed by atoms with Crippen molar-refractivity contribution >= 4 is 11.9 Å². The predicted octanol–water partition coefficient (Wildman–Crippen LogP) is 2.84. The molecule has 0 radical (unpaired) electrons. The van der Waals surface area contributed by atoms with Gasteiger partial charge in [0, 0.05) is 17.3 Å². The summed E-state index contributed by atoms with van der Waals surface area (Å²) in [5.41, 5.74) is 2.02. The van der Waals surface area contributed by atoms with E-state index < -0.39 is 11.5 Å². The van der Waals surface area contributed by atoms with Crippen LogP contribution in [0.1, 0.15) is 45.8 Å². The fourth-order valence-corrected chi connectivity index (χ4v) is 2.40. The van der Waals surface area contributed by atoms with Gasteiger partial charge in [0.2, 0.25) is 0 Å². The van der Waals surface area contributed by atoms with Gasteiger partial charge in [0.15, 0.2) is 0 Å². The van der Waals surface area contributed by atoms with Crippen LogP contribution in [0.25, 0.3) is 0 Å². The molecule has 0 spiro atoms. The maximum absolute atomic E-state index is 12.4. The highest BCUT2D eigenvalue weighted by Gasteiger charge is 2.23. The van der Waals surface area contributed by atoms with Gasteiger partial charge in [0.1, 0.15) is 5.69 Å². The maximum Gasteiger partial charge on any atom is 0.354 e. The number of hydrogen-bond acceptors (Lipinski definition) is 3. The third kappa shape index (κ3) is 4.39. The van der Waals surface area contributed by atoms with Crippen LogP contribution in [0.3, 0.4) is 0 Å². The lowest BCUT2D eigenvalue weighted by Gasteiger charge is -2.27. The highest BCUT2D eigenvalue weighted by Crippen LogP contribution is 2.17. The number of pyridine rings is 1. The minimum Gasteiger partial charge on any atom is -0.477 e. The molecular formula is C18H20N2O3.